The van der Waals surface area contributed by atoms with Crippen molar-refractivity contribution in [2.75, 3.05) is 0 Å². The molecule has 96 valence electrons. The highest BCUT2D eigenvalue weighted by Crippen LogP contribution is 2.14. The molecule has 19 heavy (non-hydrogen) atoms. The molecule has 0 aliphatic carbocycles. The van der Waals surface area contributed by atoms with Crippen molar-refractivity contribution in [1.29, 1.82) is 5.26 Å². The third kappa shape index (κ3) is 3.36. The van der Waals surface area contributed by atoms with Crippen molar-refractivity contribution in [2.24, 2.45) is 0 Å². The fourth-order valence-corrected chi connectivity index (χ4v) is 1.81. The molecule has 1 aromatic heterocycles. The second kappa shape index (κ2) is 6.07. The van der Waals surface area contributed by atoms with E-state index in [4.69, 9.17) is 5.26 Å². The Morgan fingerprint density at radius 1 is 1.32 bits per heavy atom. The van der Waals surface area contributed by atoms with Gasteiger partial charge in [0, 0.05) is 30.5 Å². The Kier molecular flexibility index (Phi) is 4.22. The van der Waals surface area contributed by atoms with Crippen LogP contribution in [-0.4, -0.2) is 4.98 Å². The van der Waals surface area contributed by atoms with Crippen LogP contribution in [0.4, 0.5) is 4.39 Å². The Labute approximate surface area is 111 Å². The van der Waals surface area contributed by atoms with Crippen molar-refractivity contribution in [3.05, 3.63) is 65.2 Å². The standard InChI is InChI=1S/C15H14FN3/c1-11(13-4-6-18-7-5-13)19-10-14-8-12(9-17)2-3-15(14)16/h2-8,11,19H,10H2,1H3/t11-/m1/s1. The number of benzene rings is 1. The summed E-state index contributed by atoms with van der Waals surface area (Å²) in [5.74, 6) is -0.298. The quantitative estimate of drug-likeness (QED) is 0.913. The second-order valence-corrected chi connectivity index (χ2v) is 4.30. The molecule has 2 aromatic rings. The maximum absolute atomic E-state index is 13.6. The highest BCUT2D eigenvalue weighted by molar-refractivity contribution is 5.33. The molecule has 0 bridgehead atoms. The molecule has 0 saturated carbocycles. The zero-order valence-corrected chi connectivity index (χ0v) is 10.6. The number of rotatable bonds is 4. The average molecular weight is 255 g/mol. The van der Waals surface area contributed by atoms with Crippen LogP contribution < -0.4 is 5.32 Å². The van der Waals surface area contributed by atoms with Crippen LogP contribution in [-0.2, 0) is 6.54 Å². The fraction of sp³-hybridized carbons (Fsp3) is 0.200. The van der Waals surface area contributed by atoms with E-state index >= 15 is 0 Å². The minimum atomic E-state index is -0.298. The molecule has 0 amide bonds. The third-order valence-corrected chi connectivity index (χ3v) is 2.98. The molecular formula is C15H14FN3. The van der Waals surface area contributed by atoms with Crippen molar-refractivity contribution in [2.45, 2.75) is 19.5 Å². The highest BCUT2D eigenvalue weighted by atomic mass is 19.1. The van der Waals surface area contributed by atoms with E-state index in [1.807, 2.05) is 25.1 Å². The predicted molar refractivity (Wildman–Crippen MR) is 70.6 cm³/mol. The molecule has 3 nitrogen and oxygen atoms in total. The summed E-state index contributed by atoms with van der Waals surface area (Å²) >= 11 is 0. The van der Waals surface area contributed by atoms with Crippen LogP contribution in [0.5, 0.6) is 0 Å². The number of hydrogen-bond acceptors (Lipinski definition) is 3. The predicted octanol–water partition coefficient (Wildman–Crippen LogP) is 2.94. The summed E-state index contributed by atoms with van der Waals surface area (Å²) in [7, 11) is 0. The van der Waals surface area contributed by atoms with Gasteiger partial charge in [-0.25, -0.2) is 4.39 Å². The van der Waals surface area contributed by atoms with E-state index in [1.54, 1.807) is 18.5 Å². The molecule has 2 rings (SSSR count). The lowest BCUT2D eigenvalue weighted by Gasteiger charge is -2.14. The lowest BCUT2D eigenvalue weighted by molar-refractivity contribution is 0.544. The van der Waals surface area contributed by atoms with Crippen LogP contribution in [0, 0.1) is 17.1 Å². The molecule has 1 N–H and O–H groups in total. The lowest BCUT2D eigenvalue weighted by atomic mass is 10.1. The highest BCUT2D eigenvalue weighted by Gasteiger charge is 2.07. The van der Waals surface area contributed by atoms with E-state index in [1.165, 1.54) is 12.1 Å². The van der Waals surface area contributed by atoms with Gasteiger partial charge in [-0.15, -0.1) is 0 Å². The van der Waals surface area contributed by atoms with Gasteiger partial charge in [0.1, 0.15) is 5.82 Å². The number of aromatic nitrogens is 1. The van der Waals surface area contributed by atoms with Crippen LogP contribution in [0.25, 0.3) is 0 Å². The average Bonchev–Trinajstić information content (AvgIpc) is 2.47. The Hall–Kier alpha value is -2.25. The minimum absolute atomic E-state index is 0.0909. The summed E-state index contributed by atoms with van der Waals surface area (Å²) in [5, 5.41) is 12.0. The van der Waals surface area contributed by atoms with E-state index in [2.05, 4.69) is 10.3 Å². The number of nitrogens with one attached hydrogen (secondary N) is 1. The Bertz CT molecular complexity index is 590. The fourth-order valence-electron chi connectivity index (χ4n) is 1.81. The summed E-state index contributed by atoms with van der Waals surface area (Å²) in [5.41, 5.74) is 2.06. The zero-order valence-electron chi connectivity index (χ0n) is 10.6. The van der Waals surface area contributed by atoms with E-state index in [-0.39, 0.29) is 11.9 Å². The first-order valence-corrected chi connectivity index (χ1v) is 6.02. The van der Waals surface area contributed by atoms with Gasteiger partial charge in [0.15, 0.2) is 0 Å². The van der Waals surface area contributed by atoms with E-state index in [0.717, 1.165) is 5.56 Å². The van der Waals surface area contributed by atoms with Gasteiger partial charge in [-0.2, -0.15) is 5.26 Å². The molecule has 4 heteroatoms. The van der Waals surface area contributed by atoms with Crippen molar-refractivity contribution in [1.82, 2.24) is 10.3 Å². The summed E-state index contributed by atoms with van der Waals surface area (Å²) in [4.78, 5) is 3.96. The molecule has 0 aliphatic heterocycles. The maximum Gasteiger partial charge on any atom is 0.127 e. The Morgan fingerprint density at radius 2 is 2.05 bits per heavy atom. The molecule has 0 fully saturated rings. The number of pyridine rings is 1. The largest absolute Gasteiger partial charge is 0.306 e. The van der Waals surface area contributed by atoms with Gasteiger partial charge < -0.3 is 5.32 Å². The van der Waals surface area contributed by atoms with Crippen molar-refractivity contribution in [3.63, 3.8) is 0 Å². The van der Waals surface area contributed by atoms with E-state index in [0.29, 0.717) is 17.7 Å². The number of nitriles is 1. The molecule has 0 saturated heterocycles. The van der Waals surface area contributed by atoms with Gasteiger partial charge >= 0.3 is 0 Å². The maximum atomic E-state index is 13.6. The molecule has 1 heterocycles. The van der Waals surface area contributed by atoms with Gasteiger partial charge in [0.05, 0.1) is 11.6 Å². The number of halogens is 1. The van der Waals surface area contributed by atoms with E-state index < -0.39 is 0 Å². The van der Waals surface area contributed by atoms with Crippen molar-refractivity contribution >= 4 is 0 Å². The molecule has 0 spiro atoms. The minimum Gasteiger partial charge on any atom is -0.306 e. The second-order valence-electron chi connectivity index (χ2n) is 4.30. The monoisotopic (exact) mass is 255 g/mol. The smallest absolute Gasteiger partial charge is 0.127 e. The summed E-state index contributed by atoms with van der Waals surface area (Å²) in [6.45, 7) is 2.38. The molecule has 1 aromatic carbocycles. The number of hydrogen-bond donors (Lipinski definition) is 1. The first-order chi connectivity index (χ1) is 9.20. The molecular weight excluding hydrogens is 241 g/mol. The summed E-state index contributed by atoms with van der Waals surface area (Å²) in [6, 6.07) is 10.3. The molecule has 0 aliphatic rings. The lowest BCUT2D eigenvalue weighted by Crippen LogP contribution is -2.18. The molecule has 1 atom stereocenters. The number of nitrogens with zero attached hydrogens (tertiary/aromatic N) is 2. The zero-order chi connectivity index (χ0) is 13.7. The Morgan fingerprint density at radius 3 is 2.74 bits per heavy atom. The van der Waals surface area contributed by atoms with Gasteiger partial charge in [-0.05, 0) is 42.8 Å². The molecule has 0 radical (unpaired) electrons. The summed E-state index contributed by atoms with van der Waals surface area (Å²) < 4.78 is 13.6. The third-order valence-electron chi connectivity index (χ3n) is 2.98. The van der Waals surface area contributed by atoms with Gasteiger partial charge in [0.2, 0.25) is 0 Å². The van der Waals surface area contributed by atoms with E-state index in [9.17, 15) is 4.39 Å². The van der Waals surface area contributed by atoms with Gasteiger partial charge in [-0.3, -0.25) is 4.98 Å². The van der Waals surface area contributed by atoms with Crippen LogP contribution in [0.2, 0.25) is 0 Å². The first-order valence-electron chi connectivity index (χ1n) is 6.02. The van der Waals surface area contributed by atoms with Crippen LogP contribution in [0.3, 0.4) is 0 Å². The van der Waals surface area contributed by atoms with Crippen molar-refractivity contribution < 1.29 is 4.39 Å². The van der Waals surface area contributed by atoms with Gasteiger partial charge in [0.25, 0.3) is 0 Å². The van der Waals surface area contributed by atoms with Crippen LogP contribution >= 0.6 is 0 Å². The topological polar surface area (TPSA) is 48.7 Å². The van der Waals surface area contributed by atoms with Crippen LogP contribution in [0.1, 0.15) is 29.7 Å². The van der Waals surface area contributed by atoms with Gasteiger partial charge in [-0.1, -0.05) is 0 Å². The Balaban J connectivity index is 2.05. The summed E-state index contributed by atoms with van der Waals surface area (Å²) in [6.07, 6.45) is 3.45. The van der Waals surface area contributed by atoms with Crippen molar-refractivity contribution in [3.8, 4) is 6.07 Å². The molecule has 0 unspecified atom stereocenters. The normalized spacial score (nSPS) is 11.8. The van der Waals surface area contributed by atoms with Crippen LogP contribution in [0.15, 0.2) is 42.7 Å². The SMILES string of the molecule is C[C@@H](NCc1cc(C#N)ccc1F)c1ccncc1. The first kappa shape index (κ1) is 13.2.